The van der Waals surface area contributed by atoms with Crippen LogP contribution in [0.2, 0.25) is 0 Å². The lowest BCUT2D eigenvalue weighted by Crippen LogP contribution is -2.38. The summed E-state index contributed by atoms with van der Waals surface area (Å²) in [6, 6.07) is 11.1. The van der Waals surface area contributed by atoms with E-state index in [1.807, 2.05) is 0 Å². The van der Waals surface area contributed by atoms with E-state index in [-0.39, 0.29) is 29.2 Å². The Morgan fingerprint density at radius 1 is 1.09 bits per heavy atom. The lowest BCUT2D eigenvalue weighted by atomic mass is 10.2. The van der Waals surface area contributed by atoms with Gasteiger partial charge in [0.05, 0.1) is 17.3 Å². The molecule has 4 rings (SSSR count). The van der Waals surface area contributed by atoms with Crippen molar-refractivity contribution in [1.29, 1.82) is 0 Å². The summed E-state index contributed by atoms with van der Waals surface area (Å²) >= 11 is 1.14. The van der Waals surface area contributed by atoms with Crippen LogP contribution in [-0.2, 0) is 14.6 Å². The smallest absolute Gasteiger partial charge is 0.233 e. The fraction of sp³-hybridized carbons (Fsp3) is 0.286. The van der Waals surface area contributed by atoms with Gasteiger partial charge in [-0.15, -0.1) is 10.2 Å². The van der Waals surface area contributed by atoms with Crippen molar-refractivity contribution in [2.24, 2.45) is 0 Å². The lowest BCUT2D eigenvalue weighted by molar-refractivity contribution is -0.128. The molecule has 0 spiro atoms. The molecule has 1 saturated heterocycles. The monoisotopic (exact) mass is 478 g/mol. The van der Waals surface area contributed by atoms with Crippen molar-refractivity contribution in [1.82, 2.24) is 19.7 Å². The summed E-state index contributed by atoms with van der Waals surface area (Å²) in [4.78, 5) is 14.2. The lowest BCUT2D eigenvalue weighted by Gasteiger charge is -2.23. The van der Waals surface area contributed by atoms with Crippen LogP contribution in [0.4, 0.5) is 8.78 Å². The van der Waals surface area contributed by atoms with Crippen LogP contribution < -0.4 is 0 Å². The molecule has 0 aliphatic carbocycles. The maximum atomic E-state index is 13.5. The second-order valence-electron chi connectivity index (χ2n) is 7.48. The Hall–Kier alpha value is -2.79. The Kier molecular flexibility index (Phi) is 6.29. The second kappa shape index (κ2) is 8.99. The number of carbonyl (C=O) groups is 1. The van der Waals surface area contributed by atoms with Crippen molar-refractivity contribution in [2.45, 2.75) is 17.6 Å². The standard InChI is InChI=1S/C21H20F2N4O3S2/c1-26(18-10-11-32(29,30)13-18)19(28)12-31-21-25-24-20(14-2-4-15(22)5-3-14)27(21)17-8-6-16(23)7-9-17/h2-9,18H,10-13H2,1H3. The van der Waals surface area contributed by atoms with Gasteiger partial charge in [0.25, 0.3) is 0 Å². The fourth-order valence-corrected chi connectivity index (χ4v) is 6.13. The third-order valence-electron chi connectivity index (χ3n) is 5.29. The third kappa shape index (κ3) is 4.83. The number of aromatic nitrogens is 3. The molecule has 1 aromatic heterocycles. The molecule has 1 aliphatic heterocycles. The second-order valence-corrected chi connectivity index (χ2v) is 10.6. The first kappa shape index (κ1) is 22.4. The predicted octanol–water partition coefficient (Wildman–Crippen LogP) is 2.95. The largest absolute Gasteiger partial charge is 0.341 e. The number of rotatable bonds is 6. The van der Waals surface area contributed by atoms with Crippen LogP contribution in [0.3, 0.4) is 0 Å². The van der Waals surface area contributed by atoms with E-state index < -0.39 is 21.5 Å². The minimum atomic E-state index is -3.10. The Labute approximate surface area is 188 Å². The van der Waals surface area contributed by atoms with Crippen LogP contribution in [0.1, 0.15) is 6.42 Å². The molecule has 1 aliphatic rings. The summed E-state index contributed by atoms with van der Waals surface area (Å²) < 4.78 is 51.9. The number of sulfone groups is 1. The molecule has 168 valence electrons. The zero-order valence-electron chi connectivity index (χ0n) is 17.1. The van der Waals surface area contributed by atoms with E-state index in [0.717, 1.165) is 11.8 Å². The maximum absolute atomic E-state index is 13.5. The Morgan fingerprint density at radius 3 is 2.31 bits per heavy atom. The van der Waals surface area contributed by atoms with E-state index in [1.165, 1.54) is 29.2 Å². The summed E-state index contributed by atoms with van der Waals surface area (Å²) in [5.41, 5.74) is 1.19. The van der Waals surface area contributed by atoms with E-state index in [2.05, 4.69) is 10.2 Å². The van der Waals surface area contributed by atoms with E-state index >= 15 is 0 Å². The van der Waals surface area contributed by atoms with Gasteiger partial charge in [0.1, 0.15) is 11.6 Å². The van der Waals surface area contributed by atoms with Crippen LogP contribution in [0.15, 0.2) is 53.7 Å². The molecule has 32 heavy (non-hydrogen) atoms. The number of carbonyl (C=O) groups excluding carboxylic acids is 1. The fourth-order valence-electron chi connectivity index (χ4n) is 3.48. The molecule has 0 bridgehead atoms. The highest BCUT2D eigenvalue weighted by molar-refractivity contribution is 7.99. The summed E-state index contributed by atoms with van der Waals surface area (Å²) in [6.07, 6.45) is 0.426. The average molecular weight is 479 g/mol. The van der Waals surface area contributed by atoms with Gasteiger partial charge in [-0.05, 0) is 55.0 Å². The molecule has 0 radical (unpaired) electrons. The maximum Gasteiger partial charge on any atom is 0.233 e. The SMILES string of the molecule is CN(C(=O)CSc1nnc(-c2ccc(F)cc2)n1-c1ccc(F)cc1)C1CCS(=O)(=O)C1. The number of amides is 1. The van der Waals surface area contributed by atoms with Crippen LogP contribution in [0.5, 0.6) is 0 Å². The summed E-state index contributed by atoms with van der Waals surface area (Å²) in [5.74, 6) is -0.518. The van der Waals surface area contributed by atoms with Crippen LogP contribution in [0, 0.1) is 11.6 Å². The van der Waals surface area contributed by atoms with Crippen molar-refractivity contribution >= 4 is 27.5 Å². The zero-order chi connectivity index (χ0) is 22.9. The minimum absolute atomic E-state index is 0.0236. The van der Waals surface area contributed by atoms with Gasteiger partial charge in [-0.25, -0.2) is 17.2 Å². The van der Waals surface area contributed by atoms with Crippen LogP contribution >= 0.6 is 11.8 Å². The van der Waals surface area contributed by atoms with Gasteiger partial charge in [-0.2, -0.15) is 0 Å². The van der Waals surface area contributed by atoms with Crippen molar-refractivity contribution in [3.63, 3.8) is 0 Å². The van der Waals surface area contributed by atoms with Gasteiger partial charge in [-0.3, -0.25) is 9.36 Å². The highest BCUT2D eigenvalue weighted by Gasteiger charge is 2.32. The first-order valence-corrected chi connectivity index (χ1v) is 12.6. The van der Waals surface area contributed by atoms with E-state index in [0.29, 0.717) is 28.7 Å². The Bertz CT molecular complexity index is 1230. The quantitative estimate of drug-likeness (QED) is 0.507. The summed E-state index contributed by atoms with van der Waals surface area (Å²) in [7, 11) is -1.50. The first-order chi connectivity index (χ1) is 15.2. The topological polar surface area (TPSA) is 85.2 Å². The molecule has 1 unspecified atom stereocenters. The van der Waals surface area contributed by atoms with Crippen LogP contribution in [0.25, 0.3) is 17.1 Å². The molecule has 2 aromatic carbocycles. The predicted molar refractivity (Wildman–Crippen MR) is 117 cm³/mol. The van der Waals surface area contributed by atoms with Crippen molar-refractivity contribution < 1.29 is 22.0 Å². The van der Waals surface area contributed by atoms with E-state index in [1.54, 1.807) is 35.9 Å². The number of benzene rings is 2. The van der Waals surface area contributed by atoms with Gasteiger partial charge in [-0.1, -0.05) is 11.8 Å². The zero-order valence-corrected chi connectivity index (χ0v) is 18.7. The Morgan fingerprint density at radius 2 is 1.72 bits per heavy atom. The molecule has 3 aromatic rings. The molecule has 0 N–H and O–H groups in total. The molecular weight excluding hydrogens is 458 g/mol. The molecular formula is C21H20F2N4O3S2. The van der Waals surface area contributed by atoms with Crippen molar-refractivity contribution in [3.05, 3.63) is 60.2 Å². The minimum Gasteiger partial charge on any atom is -0.341 e. The van der Waals surface area contributed by atoms with Gasteiger partial charge in [0.2, 0.25) is 5.91 Å². The van der Waals surface area contributed by atoms with E-state index in [9.17, 15) is 22.0 Å². The third-order valence-corrected chi connectivity index (χ3v) is 7.96. The molecule has 1 atom stereocenters. The summed E-state index contributed by atoms with van der Waals surface area (Å²) in [6.45, 7) is 0. The molecule has 1 fully saturated rings. The Balaban J connectivity index is 1.59. The van der Waals surface area contributed by atoms with Gasteiger partial charge in [0.15, 0.2) is 20.8 Å². The van der Waals surface area contributed by atoms with Gasteiger partial charge in [0, 0.05) is 24.3 Å². The highest BCUT2D eigenvalue weighted by Crippen LogP contribution is 2.29. The van der Waals surface area contributed by atoms with Gasteiger partial charge < -0.3 is 4.90 Å². The van der Waals surface area contributed by atoms with Crippen LogP contribution in [-0.4, -0.2) is 64.3 Å². The number of nitrogens with zero attached hydrogens (tertiary/aromatic N) is 4. The molecule has 11 heteroatoms. The normalized spacial score (nSPS) is 17.4. The molecule has 0 saturated carbocycles. The molecule has 7 nitrogen and oxygen atoms in total. The summed E-state index contributed by atoms with van der Waals surface area (Å²) in [5, 5.41) is 8.79. The van der Waals surface area contributed by atoms with Crippen molar-refractivity contribution in [2.75, 3.05) is 24.3 Å². The number of halogens is 2. The van der Waals surface area contributed by atoms with Crippen molar-refractivity contribution in [3.8, 4) is 17.1 Å². The first-order valence-electron chi connectivity index (χ1n) is 9.80. The average Bonchev–Trinajstić information content (AvgIpc) is 3.35. The number of hydrogen-bond donors (Lipinski definition) is 0. The molecule has 2 heterocycles. The number of thioether (sulfide) groups is 1. The van der Waals surface area contributed by atoms with E-state index in [4.69, 9.17) is 0 Å². The highest BCUT2D eigenvalue weighted by atomic mass is 32.2. The number of hydrogen-bond acceptors (Lipinski definition) is 6. The molecule has 1 amide bonds. The van der Waals surface area contributed by atoms with Gasteiger partial charge >= 0.3 is 0 Å².